The summed E-state index contributed by atoms with van der Waals surface area (Å²) in [5.74, 6) is -1.12. The van der Waals surface area contributed by atoms with Crippen LogP contribution >= 0.6 is 11.3 Å². The molecule has 1 atom stereocenters. The van der Waals surface area contributed by atoms with Gasteiger partial charge in [-0.1, -0.05) is 23.5 Å². The predicted octanol–water partition coefficient (Wildman–Crippen LogP) is 4.16. The Kier molecular flexibility index (Phi) is 6.69. The number of hydrogen-bond acceptors (Lipinski definition) is 5. The molecular weight excluding hydrogens is 436 g/mol. The smallest absolute Gasteiger partial charge is 0.317 e. The van der Waals surface area contributed by atoms with Gasteiger partial charge in [-0.15, -0.1) is 10.2 Å². The molecule has 3 amide bonds. The van der Waals surface area contributed by atoms with E-state index in [4.69, 9.17) is 0 Å². The summed E-state index contributed by atoms with van der Waals surface area (Å²) in [4.78, 5) is 26.7. The van der Waals surface area contributed by atoms with Crippen molar-refractivity contribution < 1.29 is 18.4 Å². The molecule has 3 aromatic rings. The lowest BCUT2D eigenvalue weighted by Gasteiger charge is -2.31. The highest BCUT2D eigenvalue weighted by Crippen LogP contribution is 2.29. The van der Waals surface area contributed by atoms with Gasteiger partial charge in [-0.25, -0.2) is 13.6 Å². The van der Waals surface area contributed by atoms with E-state index in [1.807, 2.05) is 0 Å². The lowest BCUT2D eigenvalue weighted by atomic mass is 9.99. The second kappa shape index (κ2) is 9.82. The van der Waals surface area contributed by atoms with E-state index in [1.165, 1.54) is 47.7 Å². The number of carbonyl (C=O) groups is 2. The molecule has 1 aromatic heterocycles. The second-order valence-electron chi connectivity index (χ2n) is 7.48. The second-order valence-corrected chi connectivity index (χ2v) is 8.49. The minimum absolute atomic E-state index is 0.00908. The summed E-state index contributed by atoms with van der Waals surface area (Å²) in [7, 11) is 0. The first-order valence-electron chi connectivity index (χ1n) is 10.2. The number of carbonyl (C=O) groups excluding carboxylic acids is 2. The molecule has 0 bridgehead atoms. The van der Waals surface area contributed by atoms with Crippen molar-refractivity contribution in [2.45, 2.75) is 25.3 Å². The van der Waals surface area contributed by atoms with Crippen molar-refractivity contribution in [3.8, 4) is 0 Å². The van der Waals surface area contributed by atoms with E-state index in [1.54, 1.807) is 17.0 Å². The largest absolute Gasteiger partial charge is 0.334 e. The first-order chi connectivity index (χ1) is 15.5. The lowest BCUT2D eigenvalue weighted by molar-refractivity contribution is 0.102. The highest BCUT2D eigenvalue weighted by atomic mass is 32.1. The molecule has 0 radical (unpaired) electrons. The Morgan fingerprint density at radius 1 is 1.03 bits per heavy atom. The van der Waals surface area contributed by atoms with Gasteiger partial charge in [0.05, 0.1) is 0 Å². The maximum atomic E-state index is 13.0. The van der Waals surface area contributed by atoms with Gasteiger partial charge >= 0.3 is 6.03 Å². The molecule has 166 valence electrons. The summed E-state index contributed by atoms with van der Waals surface area (Å²) in [6.07, 6.45) is 1.65. The van der Waals surface area contributed by atoms with Crippen molar-refractivity contribution in [1.82, 2.24) is 20.4 Å². The van der Waals surface area contributed by atoms with Crippen molar-refractivity contribution in [3.63, 3.8) is 0 Å². The number of amides is 3. The Morgan fingerprint density at radius 2 is 1.72 bits per heavy atom. The zero-order valence-corrected chi connectivity index (χ0v) is 17.9. The highest BCUT2D eigenvalue weighted by Gasteiger charge is 2.28. The molecule has 1 aliphatic rings. The summed E-state index contributed by atoms with van der Waals surface area (Å²) in [5, 5.41) is 14.6. The van der Waals surface area contributed by atoms with Gasteiger partial charge in [-0.3, -0.25) is 4.79 Å². The summed E-state index contributed by atoms with van der Waals surface area (Å²) >= 11 is 1.19. The van der Waals surface area contributed by atoms with Crippen molar-refractivity contribution in [3.05, 3.63) is 75.7 Å². The normalized spacial score (nSPS) is 15.9. The number of likely N-dealkylation sites (tertiary alicyclic amines) is 1. The van der Waals surface area contributed by atoms with Crippen LogP contribution in [0.25, 0.3) is 0 Å². The molecule has 1 fully saturated rings. The van der Waals surface area contributed by atoms with E-state index in [0.29, 0.717) is 30.3 Å². The van der Waals surface area contributed by atoms with Crippen molar-refractivity contribution in [1.29, 1.82) is 0 Å². The third-order valence-corrected chi connectivity index (χ3v) is 6.24. The van der Waals surface area contributed by atoms with Gasteiger partial charge in [0.2, 0.25) is 5.01 Å². The standard InChI is InChI=1S/C22H21F2N5O2S/c23-16-5-3-14(4-6-16)12-25-22(31)29-11-1-2-15(13-29)20-27-28-21(32-20)19(30)26-18-9-7-17(24)8-10-18/h3-10,15H,1-2,11-13H2,(H,25,31)(H,26,30)/t15-/m1/s1. The molecule has 2 N–H and O–H groups in total. The van der Waals surface area contributed by atoms with Gasteiger partial charge in [0.1, 0.15) is 16.6 Å². The molecule has 7 nitrogen and oxygen atoms in total. The number of halogens is 2. The van der Waals surface area contributed by atoms with Crippen molar-refractivity contribution >= 4 is 29.0 Å². The zero-order chi connectivity index (χ0) is 22.5. The predicted molar refractivity (Wildman–Crippen MR) is 116 cm³/mol. The molecule has 4 rings (SSSR count). The molecule has 32 heavy (non-hydrogen) atoms. The highest BCUT2D eigenvalue weighted by molar-refractivity contribution is 7.13. The van der Waals surface area contributed by atoms with Crippen LogP contribution < -0.4 is 10.6 Å². The molecule has 0 aliphatic carbocycles. The topological polar surface area (TPSA) is 87.2 Å². The van der Waals surface area contributed by atoms with Crippen LogP contribution in [0, 0.1) is 11.6 Å². The minimum Gasteiger partial charge on any atom is -0.334 e. The number of hydrogen-bond donors (Lipinski definition) is 2. The maximum absolute atomic E-state index is 13.0. The van der Waals surface area contributed by atoms with Crippen molar-refractivity contribution in [2.75, 3.05) is 18.4 Å². The fourth-order valence-electron chi connectivity index (χ4n) is 3.46. The number of aromatic nitrogens is 2. The first-order valence-corrected chi connectivity index (χ1v) is 11.0. The summed E-state index contributed by atoms with van der Waals surface area (Å²) < 4.78 is 26.0. The third-order valence-electron chi connectivity index (χ3n) is 5.15. The van der Waals surface area contributed by atoms with Crippen LogP contribution in [0.1, 0.15) is 39.1 Å². The SMILES string of the molecule is O=C(Nc1ccc(F)cc1)c1nnc([C@@H]2CCCN(C(=O)NCc3ccc(F)cc3)C2)s1. The van der Waals surface area contributed by atoms with Crippen LogP contribution in [-0.4, -0.2) is 40.1 Å². The van der Waals surface area contributed by atoms with Gasteiger partial charge in [0.25, 0.3) is 5.91 Å². The average molecular weight is 458 g/mol. The van der Waals surface area contributed by atoms with Gasteiger partial charge in [0, 0.05) is 31.2 Å². The quantitative estimate of drug-likeness (QED) is 0.602. The van der Waals surface area contributed by atoms with Gasteiger partial charge in [-0.05, 0) is 54.8 Å². The van der Waals surface area contributed by atoms with Crippen LogP contribution in [0.15, 0.2) is 48.5 Å². The molecule has 0 saturated carbocycles. The van der Waals surface area contributed by atoms with E-state index in [9.17, 15) is 18.4 Å². The molecule has 1 aliphatic heterocycles. The maximum Gasteiger partial charge on any atom is 0.317 e. The van der Waals surface area contributed by atoms with Crippen LogP contribution in [-0.2, 0) is 6.54 Å². The molecule has 2 aromatic carbocycles. The molecule has 10 heteroatoms. The Morgan fingerprint density at radius 3 is 2.44 bits per heavy atom. The molecule has 2 heterocycles. The summed E-state index contributed by atoms with van der Waals surface area (Å²) in [5.41, 5.74) is 1.28. The fourth-order valence-corrected chi connectivity index (χ4v) is 4.33. The first kappa shape index (κ1) is 21.8. The average Bonchev–Trinajstić information content (AvgIpc) is 3.31. The van der Waals surface area contributed by atoms with Gasteiger partial charge in [-0.2, -0.15) is 0 Å². The number of nitrogens with zero attached hydrogens (tertiary/aromatic N) is 3. The molecule has 0 unspecified atom stereocenters. The van der Waals surface area contributed by atoms with E-state index < -0.39 is 5.91 Å². The molecular formula is C22H21F2N5O2S. The minimum atomic E-state index is -0.412. The third kappa shape index (κ3) is 5.44. The summed E-state index contributed by atoms with van der Waals surface area (Å²) in [6, 6.07) is 11.3. The van der Waals surface area contributed by atoms with E-state index in [-0.39, 0.29) is 28.6 Å². The molecule has 0 spiro atoms. The number of nitrogens with one attached hydrogen (secondary N) is 2. The number of piperidine rings is 1. The Balaban J connectivity index is 1.33. The van der Waals surface area contributed by atoms with Crippen molar-refractivity contribution in [2.24, 2.45) is 0 Å². The number of benzene rings is 2. The van der Waals surface area contributed by atoms with Gasteiger partial charge in [0.15, 0.2) is 0 Å². The Hall–Kier alpha value is -3.40. The Labute approximate surface area is 187 Å². The van der Waals surface area contributed by atoms with E-state index >= 15 is 0 Å². The Bertz CT molecular complexity index is 1090. The molecule has 1 saturated heterocycles. The lowest BCUT2D eigenvalue weighted by Crippen LogP contribution is -2.44. The van der Waals surface area contributed by atoms with Gasteiger partial charge < -0.3 is 15.5 Å². The van der Waals surface area contributed by atoms with E-state index in [2.05, 4.69) is 20.8 Å². The van der Waals surface area contributed by atoms with Crippen LogP contribution in [0.3, 0.4) is 0 Å². The summed E-state index contributed by atoms with van der Waals surface area (Å²) in [6.45, 7) is 1.42. The van der Waals surface area contributed by atoms with E-state index in [0.717, 1.165) is 18.4 Å². The van der Waals surface area contributed by atoms with Crippen LogP contribution in [0.4, 0.5) is 19.3 Å². The monoisotopic (exact) mass is 457 g/mol. The van der Waals surface area contributed by atoms with Crippen LogP contribution in [0.5, 0.6) is 0 Å². The zero-order valence-electron chi connectivity index (χ0n) is 17.1. The number of anilines is 1. The van der Waals surface area contributed by atoms with Crippen LogP contribution in [0.2, 0.25) is 0 Å². The number of rotatable bonds is 5. The number of urea groups is 1. The fraction of sp³-hybridized carbons (Fsp3) is 0.273.